The second kappa shape index (κ2) is 46.9. The number of pyridine rings is 6. The number of aryl methyl sites for hydroxylation is 7. The summed E-state index contributed by atoms with van der Waals surface area (Å²) < 4.78 is 51.9. The summed E-state index contributed by atoms with van der Waals surface area (Å²) in [5.74, 6) is 0.216. The highest BCUT2D eigenvalue weighted by molar-refractivity contribution is 8.01. The lowest BCUT2D eigenvalue weighted by Crippen LogP contribution is -2.14. The highest BCUT2D eigenvalue weighted by Crippen LogP contribution is 2.44. The summed E-state index contributed by atoms with van der Waals surface area (Å²) in [6, 6.07) is 23.3. The number of hydrogen-bond donors (Lipinski definition) is 10. The minimum Gasteiger partial charge on any atom is -0.397 e. The van der Waals surface area contributed by atoms with Gasteiger partial charge < -0.3 is 57.3 Å². The summed E-state index contributed by atoms with van der Waals surface area (Å²) in [6.45, 7) is 12.5. The van der Waals surface area contributed by atoms with Gasteiger partial charge in [0.1, 0.15) is 51.3 Å². The van der Waals surface area contributed by atoms with Crippen LogP contribution in [-0.4, -0.2) is 102 Å². The number of alkyl halides is 3. The third-order valence-corrected chi connectivity index (χ3v) is 25.3. The van der Waals surface area contributed by atoms with Crippen LogP contribution in [0.5, 0.6) is 0 Å². The summed E-state index contributed by atoms with van der Waals surface area (Å²) in [5.41, 5.74) is 61.3. The van der Waals surface area contributed by atoms with Crippen LogP contribution >= 0.6 is 164 Å². The van der Waals surface area contributed by atoms with Crippen LogP contribution in [0.3, 0.4) is 0 Å². The Kier molecular flexibility index (Phi) is 37.4. The summed E-state index contributed by atoms with van der Waals surface area (Å²) in [4.78, 5) is 99.3. The Bertz CT molecular complexity index is 5830. The first kappa shape index (κ1) is 98.8. The van der Waals surface area contributed by atoms with Crippen LogP contribution in [0.4, 0.5) is 64.0 Å². The molecule has 48 heteroatoms. The van der Waals surface area contributed by atoms with Crippen molar-refractivity contribution in [3.63, 3.8) is 0 Å². The molecule has 0 aliphatic rings. The van der Waals surface area contributed by atoms with E-state index in [1.165, 1.54) is 90.1 Å². The molecule has 0 atom stereocenters. The summed E-state index contributed by atoms with van der Waals surface area (Å²) in [5, 5.41) is 5.97. The van der Waals surface area contributed by atoms with Crippen LogP contribution in [0.15, 0.2) is 229 Å². The lowest BCUT2D eigenvalue weighted by molar-refractivity contribution is -0.143. The van der Waals surface area contributed by atoms with Crippen molar-refractivity contribution in [1.82, 2.24) is 89.7 Å². The Morgan fingerprint density at radius 2 is 0.694 bits per heavy atom. The molecule has 2 aromatic carbocycles. The van der Waals surface area contributed by atoms with E-state index in [-0.39, 0.29) is 36.9 Å². The maximum Gasteiger partial charge on any atom is 0.434 e. The van der Waals surface area contributed by atoms with Gasteiger partial charge in [-0.15, -0.1) is 0 Å². The zero-order chi connectivity index (χ0) is 90.8. The molecule has 30 nitrogen and oxygen atoms in total. The Labute approximate surface area is 770 Å². The molecule has 642 valence electrons. The zero-order valence-corrected chi connectivity index (χ0v) is 76.2. The van der Waals surface area contributed by atoms with Gasteiger partial charge in [0, 0.05) is 104 Å². The van der Waals surface area contributed by atoms with Crippen molar-refractivity contribution in [2.75, 3.05) is 45.9 Å². The van der Waals surface area contributed by atoms with Gasteiger partial charge in [-0.1, -0.05) is 176 Å². The minimum absolute atomic E-state index is 0.0180. The number of aromatic nitrogens is 18. The number of halogens is 11. The standard InChI is InChI=1S/C13H11F3N4OS.C12H11ClN4OS.C11H11ClN4S.C10H8Cl2N4S.C10H8ClFN4S.2C10H9ClN4S/c1-6-7(12(18)21)5-9(11(17)20-6)22-8-3-2-4-19-10(8)13(14,15)16;1-6-5-16-12(10(14)17-6)19-8-4-2-3-7(9(8)13)11(15)18;1-6-5-15-11(10(14)16-6)17-8-4-2-3-7(13)9(8)12;2*1-5-4-15-10(9(13)16-5)17-6-2-3-14-8(12)7(6)11;1-6-4-14-10(9(12)15-6)16-8-2-3-13-5-7(8)11;1-6-5-14-10(9(12)15-6)16-7-3-2-4-13-8(7)11/h2-5H,1H3,(H2,17,20)(H2,18,21);2-5H,1H3,(H2,14,17)(H2,15,18);2-5H,13H2,1H3,(H2,14,16);2*2-4H,1H3,(H2,13,16);2*2-5H,1H3,(H2,12,15). The first-order chi connectivity index (χ1) is 58.7. The number of amides is 2. The van der Waals surface area contributed by atoms with Crippen LogP contribution in [0.1, 0.15) is 66.3 Å². The number of primary amides is 2. The number of nitrogen functional groups attached to an aromatic ring is 8. The lowest BCUT2D eigenvalue weighted by Gasteiger charge is -2.12. The molecule has 0 aliphatic heterocycles. The van der Waals surface area contributed by atoms with E-state index < -0.39 is 29.6 Å². The number of rotatable bonds is 16. The molecule has 12 heterocycles. The first-order valence-corrected chi connectivity index (χ1v) is 42.9. The first-order valence-electron chi connectivity index (χ1n) is 34.6. The van der Waals surface area contributed by atoms with Gasteiger partial charge in [0.05, 0.1) is 86.6 Å². The van der Waals surface area contributed by atoms with Crippen LogP contribution in [0.25, 0.3) is 0 Å². The van der Waals surface area contributed by atoms with E-state index in [2.05, 4.69) is 89.7 Å². The quantitative estimate of drug-likeness (QED) is 0.0244. The largest absolute Gasteiger partial charge is 0.434 e. The molecule has 0 saturated heterocycles. The summed E-state index contributed by atoms with van der Waals surface area (Å²) in [7, 11) is 0. The lowest BCUT2D eigenvalue weighted by atomic mass is 10.2. The van der Waals surface area contributed by atoms with Crippen LogP contribution in [0, 0.1) is 54.4 Å². The predicted molar refractivity (Wildman–Crippen MR) is 485 cm³/mol. The second-order valence-corrected chi connectivity index (χ2v) is 34.1. The molecule has 14 aromatic rings. The molecule has 0 aliphatic carbocycles. The van der Waals surface area contributed by atoms with E-state index in [0.717, 1.165) is 83.5 Å². The molecule has 0 spiro atoms. The molecule has 0 fully saturated rings. The second-order valence-electron chi connectivity index (χ2n) is 24.2. The van der Waals surface area contributed by atoms with Crippen molar-refractivity contribution in [2.45, 2.75) is 124 Å². The topological polar surface area (TPSA) is 526 Å². The molecule has 12 aromatic heterocycles. The molecule has 14 rings (SSSR count). The number of carbonyl (C=O) groups is 2. The average molecular weight is 1950 g/mol. The summed E-state index contributed by atoms with van der Waals surface area (Å²) >= 11 is 50.3. The number of nitrogens with zero attached hydrogens (tertiary/aromatic N) is 18. The van der Waals surface area contributed by atoms with E-state index in [1.54, 1.807) is 112 Å². The number of nitrogens with two attached hydrogens (primary N) is 10. The van der Waals surface area contributed by atoms with Crippen molar-refractivity contribution in [3.05, 3.63) is 257 Å². The molecule has 124 heavy (non-hydrogen) atoms. The predicted octanol–water partition coefficient (Wildman–Crippen LogP) is 18.7. The van der Waals surface area contributed by atoms with Crippen molar-refractivity contribution in [3.8, 4) is 0 Å². The Morgan fingerprint density at radius 1 is 0.331 bits per heavy atom. The fourth-order valence-electron chi connectivity index (χ4n) is 8.99. The zero-order valence-electron chi connectivity index (χ0n) is 65.2. The molecule has 20 N–H and O–H groups in total. The van der Waals surface area contributed by atoms with E-state index in [9.17, 15) is 27.2 Å². The van der Waals surface area contributed by atoms with Crippen molar-refractivity contribution < 1.29 is 27.2 Å². The number of hydrogen-bond acceptors (Lipinski definition) is 35. The number of benzene rings is 2. The minimum atomic E-state index is -4.59. The normalized spacial score (nSPS) is 10.6. The Hall–Kier alpha value is -10.6. The Balaban J connectivity index is 0.000000180. The van der Waals surface area contributed by atoms with E-state index in [4.69, 9.17) is 139 Å². The van der Waals surface area contributed by atoms with Gasteiger partial charge in [0.2, 0.25) is 11.9 Å². The monoisotopic (exact) mass is 1950 g/mol. The molecule has 0 bridgehead atoms. The van der Waals surface area contributed by atoms with Crippen molar-refractivity contribution >= 4 is 222 Å². The van der Waals surface area contributed by atoms with E-state index in [1.807, 2.05) is 58.0 Å². The van der Waals surface area contributed by atoms with E-state index >= 15 is 0 Å². The molecule has 0 saturated carbocycles. The average Bonchev–Trinajstić information content (AvgIpc) is 0.814. The summed E-state index contributed by atoms with van der Waals surface area (Å²) in [6.07, 6.45) is 14.1. The fourth-order valence-corrected chi connectivity index (χ4v) is 16.3. The molecular weight excluding hydrogens is 1890 g/mol. The van der Waals surface area contributed by atoms with Crippen LogP contribution in [0.2, 0.25) is 35.4 Å². The molecular formula is C76H67Cl7F4N28O2S7. The highest BCUT2D eigenvalue weighted by Gasteiger charge is 2.36. The SMILES string of the molecule is Cc1cnc(Sc2cccc(C(N)=O)c2Cl)c(N)n1.Cc1cnc(Sc2cccc(N)c2Cl)c(N)n1.Cc1cnc(Sc2cccnc2Cl)c(N)n1.Cc1cnc(Sc2ccnc(Cl)c2Cl)c(N)n1.Cc1cnc(Sc2ccnc(F)c2Cl)c(N)n1.Cc1cnc(Sc2ccncc2Cl)c(N)n1.Cc1nc(N)c(Sc2cccnc2C(F)(F)F)cc1C(N)=O. The highest BCUT2D eigenvalue weighted by atomic mass is 35.5. The van der Waals surface area contributed by atoms with E-state index in [0.29, 0.717) is 111 Å². The Morgan fingerprint density at radius 3 is 1.11 bits per heavy atom. The van der Waals surface area contributed by atoms with Gasteiger partial charge in [-0.25, -0.2) is 79.7 Å². The van der Waals surface area contributed by atoms with Gasteiger partial charge >= 0.3 is 6.18 Å². The van der Waals surface area contributed by atoms with Gasteiger partial charge in [-0.2, -0.15) is 17.6 Å². The van der Waals surface area contributed by atoms with Gasteiger partial charge in [-0.3, -0.25) is 19.6 Å². The van der Waals surface area contributed by atoms with Gasteiger partial charge in [0.25, 0.3) is 5.91 Å². The molecule has 2 amide bonds. The molecule has 0 radical (unpaired) electrons. The number of carbonyl (C=O) groups excluding carboxylic acids is 2. The number of anilines is 8. The van der Waals surface area contributed by atoms with Crippen molar-refractivity contribution in [2.24, 2.45) is 11.5 Å². The van der Waals surface area contributed by atoms with Crippen LogP contribution < -0.4 is 57.3 Å². The third-order valence-electron chi connectivity index (χ3n) is 14.6. The molecule has 0 unspecified atom stereocenters. The smallest absolute Gasteiger partial charge is 0.397 e. The maximum atomic E-state index is 13.1. The third kappa shape index (κ3) is 29.5. The van der Waals surface area contributed by atoms with Crippen molar-refractivity contribution in [1.29, 1.82) is 0 Å². The maximum absolute atomic E-state index is 13.1. The van der Waals surface area contributed by atoms with Gasteiger partial charge in [0.15, 0.2) is 40.6 Å². The fraction of sp³-hybridized carbons (Fsp3) is 0.105. The van der Waals surface area contributed by atoms with Crippen LogP contribution in [-0.2, 0) is 6.18 Å². The van der Waals surface area contributed by atoms with Gasteiger partial charge in [-0.05, 0) is 121 Å².